The third-order valence-corrected chi connectivity index (χ3v) is 4.99. The second kappa shape index (κ2) is 10.4. The fraction of sp³-hybridized carbons (Fsp3) is 0.154. The van der Waals surface area contributed by atoms with Crippen molar-refractivity contribution in [1.29, 1.82) is 0 Å². The van der Waals surface area contributed by atoms with Gasteiger partial charge in [0.25, 0.3) is 0 Å². The molecule has 7 heteroatoms. The van der Waals surface area contributed by atoms with Crippen LogP contribution in [-0.4, -0.2) is 31.8 Å². The van der Waals surface area contributed by atoms with Crippen LogP contribution < -0.4 is 24.3 Å². The maximum atomic E-state index is 12.0. The van der Waals surface area contributed by atoms with Gasteiger partial charge in [0.2, 0.25) is 0 Å². The Morgan fingerprint density at radius 1 is 0.848 bits per heavy atom. The van der Waals surface area contributed by atoms with Crippen molar-refractivity contribution in [3.8, 4) is 28.7 Å². The Morgan fingerprint density at radius 2 is 1.55 bits per heavy atom. The summed E-state index contributed by atoms with van der Waals surface area (Å²) in [7, 11) is 3.16. The van der Waals surface area contributed by atoms with Gasteiger partial charge in [-0.05, 0) is 48.4 Å². The predicted molar refractivity (Wildman–Crippen MR) is 126 cm³/mol. The molecule has 0 spiro atoms. The van der Waals surface area contributed by atoms with E-state index >= 15 is 0 Å². The van der Waals surface area contributed by atoms with Gasteiger partial charge in [-0.3, -0.25) is 4.98 Å². The highest BCUT2D eigenvalue weighted by molar-refractivity contribution is 5.88. The number of nitrogens with zero attached hydrogens (tertiary/aromatic N) is 1. The molecule has 0 atom stereocenters. The molecule has 1 heterocycles. The van der Waals surface area contributed by atoms with E-state index in [4.69, 9.17) is 18.9 Å². The largest absolute Gasteiger partial charge is 0.493 e. The first-order chi connectivity index (χ1) is 16.2. The average Bonchev–Trinajstić information content (AvgIpc) is 2.85. The number of pyridine rings is 1. The van der Waals surface area contributed by atoms with Crippen LogP contribution in [0.5, 0.6) is 28.7 Å². The van der Waals surface area contributed by atoms with Crippen LogP contribution in [0, 0.1) is 0 Å². The van der Waals surface area contributed by atoms with Gasteiger partial charge in [-0.1, -0.05) is 30.3 Å². The Morgan fingerprint density at radius 3 is 2.27 bits per heavy atom. The highest BCUT2D eigenvalue weighted by Gasteiger charge is 2.12. The zero-order chi connectivity index (χ0) is 23.0. The number of aromatic nitrogens is 1. The van der Waals surface area contributed by atoms with Gasteiger partial charge in [0.1, 0.15) is 17.2 Å². The third-order valence-electron chi connectivity index (χ3n) is 4.99. The number of hydrogen-bond acceptors (Lipinski definition) is 6. The van der Waals surface area contributed by atoms with Crippen molar-refractivity contribution in [2.24, 2.45) is 0 Å². The molecule has 3 aromatic carbocycles. The molecule has 33 heavy (non-hydrogen) atoms. The molecule has 168 valence electrons. The van der Waals surface area contributed by atoms with Crippen LogP contribution in [0.15, 0.2) is 79.0 Å². The average molecular weight is 444 g/mol. The monoisotopic (exact) mass is 444 g/mol. The summed E-state index contributed by atoms with van der Waals surface area (Å²) in [5.41, 5.74) is 1.87. The summed E-state index contributed by atoms with van der Waals surface area (Å²) < 4.78 is 22.1. The lowest BCUT2D eigenvalue weighted by Gasteiger charge is -2.12. The number of hydrogen-bond donors (Lipinski definition) is 1. The molecular formula is C26H24N2O5. The van der Waals surface area contributed by atoms with E-state index < -0.39 is 6.09 Å². The lowest BCUT2D eigenvalue weighted by Crippen LogP contribution is -2.28. The number of fused-ring (bicyclic) bond motifs is 1. The summed E-state index contributed by atoms with van der Waals surface area (Å²) in [6.45, 7) is 0.493. The minimum atomic E-state index is -0.499. The van der Waals surface area contributed by atoms with Gasteiger partial charge in [0, 0.05) is 24.2 Å². The van der Waals surface area contributed by atoms with Crippen LogP contribution in [0.3, 0.4) is 0 Å². The summed E-state index contributed by atoms with van der Waals surface area (Å²) >= 11 is 0. The molecule has 0 aliphatic carbocycles. The van der Waals surface area contributed by atoms with Gasteiger partial charge in [0.05, 0.1) is 19.7 Å². The number of benzene rings is 3. The van der Waals surface area contributed by atoms with Gasteiger partial charge in [0.15, 0.2) is 11.5 Å². The lowest BCUT2D eigenvalue weighted by atomic mass is 10.1. The highest BCUT2D eigenvalue weighted by atomic mass is 16.6. The fourth-order valence-corrected chi connectivity index (χ4v) is 3.34. The Bertz CT molecular complexity index is 1230. The van der Waals surface area contributed by atoms with E-state index in [-0.39, 0.29) is 0 Å². The first-order valence-corrected chi connectivity index (χ1v) is 10.4. The molecule has 0 saturated carbocycles. The number of methoxy groups -OCH3 is 2. The normalized spacial score (nSPS) is 10.5. The standard InChI is InChI=1S/C26H24N2O5/c1-30-24-16-21-22(17-25(24)31-2)27-15-13-23(21)32-19-8-10-20(11-9-19)33-26(29)28-14-12-18-6-4-3-5-7-18/h3-11,13,15-17H,12,14H2,1-2H3,(H,28,29). The first-order valence-electron chi connectivity index (χ1n) is 10.4. The number of amides is 1. The van der Waals surface area contributed by atoms with E-state index in [0.717, 1.165) is 22.9 Å². The van der Waals surface area contributed by atoms with Crippen molar-refractivity contribution < 1.29 is 23.7 Å². The van der Waals surface area contributed by atoms with Crippen molar-refractivity contribution >= 4 is 17.0 Å². The van der Waals surface area contributed by atoms with Gasteiger partial charge >= 0.3 is 6.09 Å². The second-order valence-electron chi connectivity index (χ2n) is 7.16. The maximum Gasteiger partial charge on any atom is 0.412 e. The number of carbonyl (C=O) groups is 1. The van der Waals surface area contributed by atoms with Crippen molar-refractivity contribution in [3.63, 3.8) is 0 Å². The van der Waals surface area contributed by atoms with Crippen molar-refractivity contribution in [2.45, 2.75) is 6.42 Å². The van der Waals surface area contributed by atoms with Crippen molar-refractivity contribution in [1.82, 2.24) is 10.3 Å². The van der Waals surface area contributed by atoms with Gasteiger partial charge in [-0.15, -0.1) is 0 Å². The molecule has 0 saturated heterocycles. The zero-order valence-electron chi connectivity index (χ0n) is 18.4. The molecular weight excluding hydrogens is 420 g/mol. The molecule has 0 fully saturated rings. The molecule has 0 aliphatic heterocycles. The summed E-state index contributed by atoms with van der Waals surface area (Å²) in [5.74, 6) is 2.82. The topological polar surface area (TPSA) is 78.9 Å². The van der Waals surface area contributed by atoms with E-state index in [9.17, 15) is 4.79 Å². The summed E-state index contributed by atoms with van der Waals surface area (Å²) in [6.07, 6.45) is 1.90. The minimum Gasteiger partial charge on any atom is -0.493 e. The molecule has 0 aliphatic rings. The molecule has 1 aromatic heterocycles. The first kappa shape index (κ1) is 22.0. The molecule has 4 rings (SSSR count). The fourth-order valence-electron chi connectivity index (χ4n) is 3.34. The molecule has 0 bridgehead atoms. The number of ether oxygens (including phenoxy) is 4. The third kappa shape index (κ3) is 5.51. The molecule has 0 unspecified atom stereocenters. The molecule has 4 aromatic rings. The number of rotatable bonds is 8. The van der Waals surface area contributed by atoms with E-state index in [1.807, 2.05) is 36.4 Å². The van der Waals surface area contributed by atoms with Crippen LogP contribution >= 0.6 is 0 Å². The van der Waals surface area contributed by atoms with Crippen LogP contribution in [0.2, 0.25) is 0 Å². The number of nitrogens with one attached hydrogen (secondary N) is 1. The van der Waals surface area contributed by atoms with E-state index in [2.05, 4.69) is 10.3 Å². The Balaban J connectivity index is 1.38. The van der Waals surface area contributed by atoms with Gasteiger partial charge < -0.3 is 24.3 Å². The van der Waals surface area contributed by atoms with Crippen molar-refractivity contribution in [3.05, 3.63) is 84.6 Å². The second-order valence-corrected chi connectivity index (χ2v) is 7.16. The molecule has 1 N–H and O–H groups in total. The van der Waals surface area contributed by atoms with Crippen LogP contribution in [0.4, 0.5) is 4.79 Å². The van der Waals surface area contributed by atoms with E-state index in [0.29, 0.717) is 35.3 Å². The SMILES string of the molecule is COc1cc2nccc(Oc3ccc(OC(=O)NCCc4ccccc4)cc3)c2cc1OC. The zero-order valence-corrected chi connectivity index (χ0v) is 18.4. The summed E-state index contributed by atoms with van der Waals surface area (Å²) in [4.78, 5) is 16.4. The number of carbonyl (C=O) groups excluding carboxylic acids is 1. The van der Waals surface area contributed by atoms with Crippen LogP contribution in [0.25, 0.3) is 10.9 Å². The summed E-state index contributed by atoms with van der Waals surface area (Å²) in [5, 5.41) is 3.54. The molecule has 1 amide bonds. The Kier molecular flexibility index (Phi) is 6.90. The molecule has 7 nitrogen and oxygen atoms in total. The van der Waals surface area contributed by atoms with E-state index in [1.165, 1.54) is 0 Å². The van der Waals surface area contributed by atoms with Crippen LogP contribution in [-0.2, 0) is 6.42 Å². The summed E-state index contributed by atoms with van der Waals surface area (Å²) in [6, 6.07) is 22.2. The highest BCUT2D eigenvalue weighted by Crippen LogP contribution is 2.37. The van der Waals surface area contributed by atoms with Crippen molar-refractivity contribution in [2.75, 3.05) is 20.8 Å². The lowest BCUT2D eigenvalue weighted by molar-refractivity contribution is 0.200. The predicted octanol–water partition coefficient (Wildman–Crippen LogP) is 5.38. The molecule has 0 radical (unpaired) electrons. The quantitative estimate of drug-likeness (QED) is 0.393. The van der Waals surface area contributed by atoms with Gasteiger partial charge in [-0.25, -0.2) is 4.79 Å². The van der Waals surface area contributed by atoms with Gasteiger partial charge in [-0.2, -0.15) is 0 Å². The smallest absolute Gasteiger partial charge is 0.412 e. The maximum absolute atomic E-state index is 12.0. The minimum absolute atomic E-state index is 0.422. The Labute approximate surface area is 191 Å². The van der Waals surface area contributed by atoms with E-state index in [1.54, 1.807) is 56.8 Å². The Hall–Kier alpha value is -4.26. The van der Waals surface area contributed by atoms with Crippen LogP contribution in [0.1, 0.15) is 5.56 Å².